The molecule has 0 aliphatic carbocycles. The van der Waals surface area contributed by atoms with Crippen LogP contribution in [0.1, 0.15) is 29.4 Å². The van der Waals surface area contributed by atoms with Crippen LogP contribution in [0.25, 0.3) is 16.6 Å². The quantitative estimate of drug-likeness (QED) is 0.587. The Morgan fingerprint density at radius 1 is 1.29 bits per heavy atom. The number of aryl methyl sites for hydroxylation is 1. The molecule has 1 fully saturated rings. The minimum absolute atomic E-state index is 0.110. The van der Waals surface area contributed by atoms with E-state index in [4.69, 9.17) is 5.73 Å². The lowest BCUT2D eigenvalue weighted by Gasteiger charge is -2.21. The van der Waals surface area contributed by atoms with Crippen molar-refractivity contribution in [3.05, 3.63) is 35.9 Å². The van der Waals surface area contributed by atoms with E-state index in [9.17, 15) is 13.2 Å². The van der Waals surface area contributed by atoms with Crippen molar-refractivity contribution in [2.24, 2.45) is 18.7 Å². The topological polar surface area (TPSA) is 128 Å². The van der Waals surface area contributed by atoms with Gasteiger partial charge in [0.15, 0.2) is 0 Å². The van der Waals surface area contributed by atoms with Gasteiger partial charge in [-0.1, -0.05) is 13.3 Å². The zero-order valence-electron chi connectivity index (χ0n) is 18.0. The fourth-order valence-corrected chi connectivity index (χ4v) is 5.08. The molecule has 1 aliphatic heterocycles. The second-order valence-electron chi connectivity index (χ2n) is 8.12. The number of primary amides is 1. The van der Waals surface area contributed by atoms with Gasteiger partial charge in [0.05, 0.1) is 35.4 Å². The van der Waals surface area contributed by atoms with Crippen LogP contribution in [0.4, 0.5) is 5.69 Å². The molecule has 3 N–H and O–H groups in total. The average molecular weight is 446 g/mol. The van der Waals surface area contributed by atoms with Crippen molar-refractivity contribution >= 4 is 27.1 Å². The van der Waals surface area contributed by atoms with Gasteiger partial charge in [-0.2, -0.15) is 14.5 Å². The third-order valence-corrected chi connectivity index (χ3v) is 7.42. The Morgan fingerprint density at radius 2 is 2.03 bits per heavy atom. The van der Waals surface area contributed by atoms with Crippen molar-refractivity contribution in [2.75, 3.05) is 24.7 Å². The highest BCUT2D eigenvalue weighted by molar-refractivity contribution is 7.88. The van der Waals surface area contributed by atoms with Crippen LogP contribution in [0.15, 0.2) is 24.7 Å². The van der Waals surface area contributed by atoms with Gasteiger partial charge in [0.1, 0.15) is 0 Å². The van der Waals surface area contributed by atoms with E-state index >= 15 is 0 Å². The fraction of sp³-hybridized carbons (Fsp3) is 0.450. The summed E-state index contributed by atoms with van der Waals surface area (Å²) in [6.45, 7) is 4.79. The Morgan fingerprint density at radius 3 is 2.61 bits per heavy atom. The largest absolute Gasteiger partial charge is 0.378 e. The predicted molar refractivity (Wildman–Crippen MR) is 118 cm³/mol. The van der Waals surface area contributed by atoms with Crippen molar-refractivity contribution in [3.8, 4) is 11.1 Å². The summed E-state index contributed by atoms with van der Waals surface area (Å²) in [5, 5.41) is 12.1. The van der Waals surface area contributed by atoms with E-state index in [2.05, 4.69) is 15.5 Å². The Hall–Kier alpha value is -2.92. The standard InChI is InChI=1S/C20H27N7O3S/c1-5-13-9-26(31(4,29)30)11-17(13)24-19-16(20(21)28)8-23-27-10-14(6-18(19)27)15-7-22-25(3)12(15)2/h6-8,10,13,17,24H,5,9,11H2,1-4H3,(H2,21,28)/t13-,17-/m1/s1. The van der Waals surface area contributed by atoms with Crippen molar-refractivity contribution in [2.45, 2.75) is 26.3 Å². The number of aromatic nitrogens is 4. The number of hydrogen-bond acceptors (Lipinski definition) is 6. The van der Waals surface area contributed by atoms with E-state index in [1.165, 1.54) is 16.8 Å². The first-order valence-corrected chi connectivity index (χ1v) is 12.0. The maximum absolute atomic E-state index is 12.2. The molecule has 1 amide bonds. The zero-order valence-corrected chi connectivity index (χ0v) is 18.8. The van der Waals surface area contributed by atoms with Crippen LogP contribution in [0.5, 0.6) is 0 Å². The van der Waals surface area contributed by atoms with Crippen LogP contribution >= 0.6 is 0 Å². The molecule has 31 heavy (non-hydrogen) atoms. The molecule has 2 atom stereocenters. The molecule has 4 heterocycles. The Kier molecular flexibility index (Phi) is 5.26. The molecule has 3 aromatic rings. The second-order valence-corrected chi connectivity index (χ2v) is 10.1. The zero-order chi connectivity index (χ0) is 22.5. The fourth-order valence-electron chi connectivity index (χ4n) is 4.19. The molecule has 10 nitrogen and oxygen atoms in total. The third-order valence-electron chi connectivity index (χ3n) is 6.18. The molecular weight excluding hydrogens is 418 g/mol. The molecule has 0 bridgehead atoms. The second kappa shape index (κ2) is 7.65. The predicted octanol–water partition coefficient (Wildman–Crippen LogP) is 1.22. The number of hydrogen-bond donors (Lipinski definition) is 2. The molecule has 1 saturated heterocycles. The molecule has 0 radical (unpaired) electrons. The Balaban J connectivity index is 1.79. The van der Waals surface area contributed by atoms with Crippen LogP contribution in [-0.4, -0.2) is 63.4 Å². The minimum Gasteiger partial charge on any atom is -0.378 e. The van der Waals surface area contributed by atoms with Crippen molar-refractivity contribution in [1.29, 1.82) is 0 Å². The number of nitrogens with one attached hydrogen (secondary N) is 1. The Bertz CT molecular complexity index is 1260. The number of sulfonamides is 1. The maximum Gasteiger partial charge on any atom is 0.252 e. The first-order valence-electron chi connectivity index (χ1n) is 10.1. The summed E-state index contributed by atoms with van der Waals surface area (Å²) in [5.74, 6) is -0.484. The van der Waals surface area contributed by atoms with E-state index in [0.29, 0.717) is 24.3 Å². The summed E-state index contributed by atoms with van der Waals surface area (Å²) in [5.41, 5.74) is 10.1. The van der Waals surface area contributed by atoms with Crippen molar-refractivity contribution < 1.29 is 13.2 Å². The monoisotopic (exact) mass is 445 g/mol. The molecule has 3 aromatic heterocycles. The number of nitrogens with zero attached hydrogens (tertiary/aromatic N) is 5. The highest BCUT2D eigenvalue weighted by Gasteiger charge is 2.36. The van der Waals surface area contributed by atoms with Crippen LogP contribution in [0.3, 0.4) is 0 Å². The average Bonchev–Trinajstić information content (AvgIpc) is 3.39. The molecule has 0 unspecified atom stereocenters. The van der Waals surface area contributed by atoms with E-state index in [-0.39, 0.29) is 17.5 Å². The summed E-state index contributed by atoms with van der Waals surface area (Å²) in [6, 6.07) is 1.79. The normalized spacial score (nSPS) is 19.9. The molecule has 0 aromatic carbocycles. The lowest BCUT2D eigenvalue weighted by atomic mass is 10.00. The number of rotatable bonds is 6. The molecule has 166 valence electrons. The third kappa shape index (κ3) is 3.79. The van der Waals surface area contributed by atoms with Gasteiger partial charge in [0.2, 0.25) is 10.0 Å². The number of carbonyl (C=O) groups excluding carboxylic acids is 1. The van der Waals surface area contributed by atoms with Crippen LogP contribution in [-0.2, 0) is 17.1 Å². The summed E-state index contributed by atoms with van der Waals surface area (Å²) in [7, 11) is -1.42. The summed E-state index contributed by atoms with van der Waals surface area (Å²) >= 11 is 0. The first-order chi connectivity index (χ1) is 14.6. The summed E-state index contributed by atoms with van der Waals surface area (Å²) in [6.07, 6.45) is 7.14. The summed E-state index contributed by atoms with van der Waals surface area (Å²) < 4.78 is 29.1. The van der Waals surface area contributed by atoms with Crippen molar-refractivity contribution in [1.82, 2.24) is 23.7 Å². The lowest BCUT2D eigenvalue weighted by Crippen LogP contribution is -2.32. The van der Waals surface area contributed by atoms with Gasteiger partial charge in [-0.05, 0) is 18.9 Å². The molecule has 11 heteroatoms. The van der Waals surface area contributed by atoms with Gasteiger partial charge in [0, 0.05) is 49.2 Å². The van der Waals surface area contributed by atoms with E-state index in [0.717, 1.165) is 23.2 Å². The molecule has 0 saturated carbocycles. The van der Waals surface area contributed by atoms with Crippen LogP contribution < -0.4 is 11.1 Å². The number of nitrogens with two attached hydrogens (primary N) is 1. The number of fused-ring (bicyclic) bond motifs is 1. The highest BCUT2D eigenvalue weighted by atomic mass is 32.2. The van der Waals surface area contributed by atoms with Crippen molar-refractivity contribution in [3.63, 3.8) is 0 Å². The van der Waals surface area contributed by atoms with E-state index in [1.54, 1.807) is 15.4 Å². The molecule has 1 aliphatic rings. The number of anilines is 1. The SMILES string of the molecule is CC[C@@H]1CN(S(C)(=O)=O)C[C@H]1Nc1c(C(N)=O)cnn2cc(-c3cnn(C)c3C)cc12. The Labute approximate surface area is 181 Å². The number of amides is 1. The minimum atomic E-state index is -3.30. The number of carbonyl (C=O) groups is 1. The van der Waals surface area contributed by atoms with Crippen LogP contribution in [0, 0.1) is 12.8 Å². The maximum atomic E-state index is 12.2. The molecular formula is C20H27N7O3S. The first kappa shape index (κ1) is 21.3. The lowest BCUT2D eigenvalue weighted by molar-refractivity contribution is 0.100. The van der Waals surface area contributed by atoms with Gasteiger partial charge in [-0.25, -0.2) is 12.9 Å². The van der Waals surface area contributed by atoms with Gasteiger partial charge < -0.3 is 11.1 Å². The van der Waals surface area contributed by atoms with Gasteiger partial charge in [0.25, 0.3) is 5.91 Å². The highest BCUT2D eigenvalue weighted by Crippen LogP contribution is 2.32. The molecule has 0 spiro atoms. The van der Waals surface area contributed by atoms with Gasteiger partial charge >= 0.3 is 0 Å². The van der Waals surface area contributed by atoms with Crippen LogP contribution in [0.2, 0.25) is 0 Å². The summed E-state index contributed by atoms with van der Waals surface area (Å²) in [4.78, 5) is 12.2. The van der Waals surface area contributed by atoms with Gasteiger partial charge in [-0.15, -0.1) is 0 Å². The van der Waals surface area contributed by atoms with Gasteiger partial charge in [-0.3, -0.25) is 9.48 Å². The van der Waals surface area contributed by atoms with E-state index in [1.807, 2.05) is 33.2 Å². The molecule has 4 rings (SSSR count). The van der Waals surface area contributed by atoms with E-state index < -0.39 is 15.9 Å². The smallest absolute Gasteiger partial charge is 0.252 e.